The van der Waals surface area contributed by atoms with Gasteiger partial charge >= 0.3 is 0 Å². The zero-order valence-corrected chi connectivity index (χ0v) is 19.7. The Hall–Kier alpha value is -3.94. The number of imidazole rings is 1. The van der Waals surface area contributed by atoms with Gasteiger partial charge in [0, 0.05) is 24.8 Å². The van der Waals surface area contributed by atoms with Crippen LogP contribution in [0.2, 0.25) is 0 Å². The van der Waals surface area contributed by atoms with Crippen molar-refractivity contribution in [2.45, 2.75) is 39.8 Å². The van der Waals surface area contributed by atoms with Crippen LogP contribution >= 0.6 is 0 Å². The van der Waals surface area contributed by atoms with Gasteiger partial charge in [0.25, 0.3) is 11.5 Å². The van der Waals surface area contributed by atoms with E-state index in [1.807, 2.05) is 67.8 Å². The van der Waals surface area contributed by atoms with Crippen molar-refractivity contribution in [3.8, 4) is 0 Å². The summed E-state index contributed by atoms with van der Waals surface area (Å²) >= 11 is 0. The molecular formula is C26H28N6O2. The first-order valence-electron chi connectivity index (χ1n) is 11.5. The molecule has 1 aliphatic heterocycles. The summed E-state index contributed by atoms with van der Waals surface area (Å²) in [6, 6.07) is 15.4. The number of aromatic nitrogens is 4. The summed E-state index contributed by atoms with van der Waals surface area (Å²) < 4.78 is 3.51. The molecule has 1 fully saturated rings. The highest BCUT2D eigenvalue weighted by atomic mass is 16.2. The summed E-state index contributed by atoms with van der Waals surface area (Å²) in [5.41, 5.74) is 4.52. The maximum absolute atomic E-state index is 13.3. The number of nitrogens with zero attached hydrogens (tertiary/aromatic N) is 5. The van der Waals surface area contributed by atoms with Gasteiger partial charge in [0.15, 0.2) is 5.65 Å². The van der Waals surface area contributed by atoms with Crippen LogP contribution in [-0.2, 0) is 6.54 Å². The fourth-order valence-electron chi connectivity index (χ4n) is 4.51. The van der Waals surface area contributed by atoms with Gasteiger partial charge in [-0.3, -0.25) is 9.59 Å². The Bertz CT molecular complexity index is 1420. The Morgan fingerprint density at radius 2 is 1.91 bits per heavy atom. The number of benzene rings is 1. The Labute approximate surface area is 197 Å². The maximum Gasteiger partial charge on any atom is 0.263 e. The quantitative estimate of drug-likeness (QED) is 0.499. The fraction of sp³-hybridized carbons (Fsp3) is 0.308. The van der Waals surface area contributed by atoms with Crippen LogP contribution in [0.3, 0.4) is 0 Å². The Balaban J connectivity index is 1.33. The van der Waals surface area contributed by atoms with E-state index in [-0.39, 0.29) is 23.1 Å². The second-order valence-electron chi connectivity index (χ2n) is 8.97. The Morgan fingerprint density at radius 3 is 2.71 bits per heavy atom. The molecule has 1 aromatic carbocycles. The molecule has 1 N–H and O–H groups in total. The van der Waals surface area contributed by atoms with Crippen molar-refractivity contribution in [2.75, 3.05) is 18.0 Å². The lowest BCUT2D eigenvalue weighted by atomic mass is 10.1. The van der Waals surface area contributed by atoms with Crippen molar-refractivity contribution in [3.63, 3.8) is 0 Å². The molecule has 1 atom stereocenters. The first-order valence-corrected chi connectivity index (χ1v) is 11.5. The van der Waals surface area contributed by atoms with E-state index < -0.39 is 0 Å². The number of carbonyl (C=O) groups excluding carboxylic acids is 1. The predicted octanol–water partition coefficient (Wildman–Crippen LogP) is 2.87. The number of rotatable bonds is 5. The van der Waals surface area contributed by atoms with E-state index in [0.29, 0.717) is 13.1 Å². The number of amides is 1. The van der Waals surface area contributed by atoms with Crippen molar-refractivity contribution in [2.24, 2.45) is 0 Å². The molecule has 1 aliphatic rings. The lowest BCUT2D eigenvalue weighted by molar-refractivity contribution is 0.0938. The second-order valence-corrected chi connectivity index (χ2v) is 8.97. The Morgan fingerprint density at radius 1 is 1.12 bits per heavy atom. The molecule has 5 rings (SSSR count). The number of aryl methyl sites for hydroxylation is 2. The summed E-state index contributed by atoms with van der Waals surface area (Å²) in [5.74, 6) is 0.525. The minimum Gasteiger partial charge on any atom is -0.353 e. The first kappa shape index (κ1) is 21.9. The van der Waals surface area contributed by atoms with Crippen molar-refractivity contribution in [1.82, 2.24) is 24.5 Å². The third kappa shape index (κ3) is 4.07. The predicted molar refractivity (Wildman–Crippen MR) is 132 cm³/mol. The van der Waals surface area contributed by atoms with Crippen LogP contribution in [0.4, 0.5) is 5.82 Å². The topological polar surface area (TPSA) is 84.5 Å². The van der Waals surface area contributed by atoms with Crippen molar-refractivity contribution in [1.29, 1.82) is 0 Å². The summed E-state index contributed by atoms with van der Waals surface area (Å²) in [5, 5.41) is 7.77. The smallest absolute Gasteiger partial charge is 0.263 e. The van der Waals surface area contributed by atoms with Gasteiger partial charge in [0.2, 0.25) is 0 Å². The monoisotopic (exact) mass is 456 g/mol. The van der Waals surface area contributed by atoms with Gasteiger partial charge in [-0.15, -0.1) is 5.10 Å². The number of pyridine rings is 1. The van der Waals surface area contributed by atoms with E-state index in [9.17, 15) is 9.59 Å². The highest BCUT2D eigenvalue weighted by Crippen LogP contribution is 2.19. The van der Waals surface area contributed by atoms with Crippen LogP contribution in [0.1, 0.15) is 39.3 Å². The second kappa shape index (κ2) is 8.78. The molecule has 0 radical (unpaired) electrons. The zero-order valence-electron chi connectivity index (χ0n) is 19.7. The van der Waals surface area contributed by atoms with Gasteiger partial charge in [0.05, 0.1) is 18.4 Å². The number of fused-ring (bicyclic) bond motifs is 1. The molecular weight excluding hydrogens is 428 g/mol. The molecule has 8 nitrogen and oxygen atoms in total. The first-order chi connectivity index (χ1) is 16.4. The maximum atomic E-state index is 13.3. The van der Waals surface area contributed by atoms with Crippen molar-refractivity contribution >= 4 is 17.4 Å². The van der Waals surface area contributed by atoms with E-state index in [2.05, 4.69) is 20.3 Å². The van der Waals surface area contributed by atoms with E-state index in [0.717, 1.165) is 46.9 Å². The number of anilines is 1. The molecule has 1 amide bonds. The number of hydrogen-bond acceptors (Lipinski definition) is 5. The minimum absolute atomic E-state index is 0.0579. The fourth-order valence-corrected chi connectivity index (χ4v) is 4.51. The van der Waals surface area contributed by atoms with Gasteiger partial charge in [-0.05, 0) is 56.5 Å². The van der Waals surface area contributed by atoms with Crippen molar-refractivity contribution in [3.05, 3.63) is 93.2 Å². The average Bonchev–Trinajstić information content (AvgIpc) is 3.46. The summed E-state index contributed by atoms with van der Waals surface area (Å²) in [7, 11) is 0. The highest BCUT2D eigenvalue weighted by molar-refractivity contribution is 5.94. The van der Waals surface area contributed by atoms with Crippen LogP contribution in [0.25, 0.3) is 5.65 Å². The molecule has 1 unspecified atom stereocenters. The normalized spacial score (nSPS) is 15.7. The van der Waals surface area contributed by atoms with Crippen molar-refractivity contribution < 1.29 is 4.79 Å². The van der Waals surface area contributed by atoms with Crippen LogP contribution in [0.5, 0.6) is 0 Å². The van der Waals surface area contributed by atoms with Gasteiger partial charge < -0.3 is 14.8 Å². The van der Waals surface area contributed by atoms with Crippen LogP contribution in [0.15, 0.2) is 59.5 Å². The standard InChI is InChI=1S/C26H28N6O2/c1-17-13-22(26(34)31(19(17)3)15-20-7-5-4-6-8-20)25(33)28-21-11-12-30(16-21)24-10-9-23-27-14-18(2)32(23)29-24/h4-10,13-14,21H,11-12,15-16H2,1-3H3,(H,28,33). The molecule has 3 aromatic heterocycles. The third-order valence-corrected chi connectivity index (χ3v) is 6.61. The van der Waals surface area contributed by atoms with E-state index in [4.69, 9.17) is 0 Å². The summed E-state index contributed by atoms with van der Waals surface area (Å²) in [6.07, 6.45) is 2.59. The average molecular weight is 457 g/mol. The molecule has 34 heavy (non-hydrogen) atoms. The molecule has 1 saturated heterocycles. The third-order valence-electron chi connectivity index (χ3n) is 6.61. The Kier molecular flexibility index (Phi) is 5.65. The lowest BCUT2D eigenvalue weighted by Crippen LogP contribution is -2.41. The number of nitrogens with one attached hydrogen (secondary N) is 1. The molecule has 8 heteroatoms. The van der Waals surface area contributed by atoms with E-state index >= 15 is 0 Å². The lowest BCUT2D eigenvalue weighted by Gasteiger charge is -2.19. The van der Waals surface area contributed by atoms with Gasteiger partial charge in [0.1, 0.15) is 11.4 Å². The van der Waals surface area contributed by atoms with E-state index in [1.54, 1.807) is 16.8 Å². The molecule has 0 spiro atoms. The minimum atomic E-state index is -0.323. The number of carbonyl (C=O) groups is 1. The molecule has 174 valence electrons. The van der Waals surface area contributed by atoms with Gasteiger partial charge in [-0.1, -0.05) is 30.3 Å². The van der Waals surface area contributed by atoms with E-state index in [1.165, 1.54) is 0 Å². The SMILES string of the molecule is Cc1cc(C(=O)NC2CCN(c3ccc4ncc(C)n4n3)C2)c(=O)n(Cc2ccccc2)c1C. The molecule has 4 heterocycles. The number of hydrogen-bond donors (Lipinski definition) is 1. The van der Waals surface area contributed by atoms with Gasteiger partial charge in [-0.25, -0.2) is 9.50 Å². The summed E-state index contributed by atoms with van der Waals surface area (Å²) in [6.45, 7) is 7.68. The molecule has 0 aliphatic carbocycles. The summed E-state index contributed by atoms with van der Waals surface area (Å²) in [4.78, 5) is 32.9. The highest BCUT2D eigenvalue weighted by Gasteiger charge is 2.27. The molecule has 0 saturated carbocycles. The van der Waals surface area contributed by atoms with Crippen LogP contribution in [-0.4, -0.2) is 44.2 Å². The van der Waals surface area contributed by atoms with Crippen LogP contribution < -0.4 is 15.8 Å². The largest absolute Gasteiger partial charge is 0.353 e. The van der Waals surface area contributed by atoms with Crippen LogP contribution in [0, 0.1) is 20.8 Å². The molecule has 0 bridgehead atoms. The zero-order chi connectivity index (χ0) is 23.8. The molecule has 4 aromatic rings. The van der Waals surface area contributed by atoms with Gasteiger partial charge in [-0.2, -0.15) is 0 Å².